The van der Waals surface area contributed by atoms with Gasteiger partial charge in [0.05, 0.1) is 0 Å². The van der Waals surface area contributed by atoms with Crippen LogP contribution in [0.4, 0.5) is 0 Å². The molecular weight excluding hydrogens is 232 g/mol. The minimum Gasteiger partial charge on any atom is -0.486 e. The molecule has 1 saturated heterocycles. The van der Waals surface area contributed by atoms with Crippen LogP contribution in [0.1, 0.15) is 12.0 Å². The fourth-order valence-electron chi connectivity index (χ4n) is 2.21. The van der Waals surface area contributed by atoms with E-state index in [1.165, 1.54) is 0 Å². The maximum atomic E-state index is 11.1. The van der Waals surface area contributed by atoms with Crippen LogP contribution in [-0.2, 0) is 11.3 Å². The van der Waals surface area contributed by atoms with Gasteiger partial charge < -0.3 is 20.1 Å². The lowest BCUT2D eigenvalue weighted by Gasteiger charge is -2.19. The second-order valence-corrected chi connectivity index (χ2v) is 4.56. The first-order valence-corrected chi connectivity index (χ1v) is 6.20. The molecule has 96 valence electrons. The predicted octanol–water partition coefficient (Wildman–Crippen LogP) is 0.436. The highest BCUT2D eigenvalue weighted by atomic mass is 16.6. The fraction of sp³-hybridized carbons (Fsp3) is 0.462. The molecule has 0 bridgehead atoms. The zero-order chi connectivity index (χ0) is 12.4. The minimum absolute atomic E-state index is 0.120. The molecule has 0 spiro atoms. The molecule has 2 aliphatic heterocycles. The van der Waals surface area contributed by atoms with Crippen molar-refractivity contribution in [3.63, 3.8) is 0 Å². The highest BCUT2D eigenvalue weighted by Crippen LogP contribution is 2.30. The van der Waals surface area contributed by atoms with Crippen LogP contribution in [0.25, 0.3) is 0 Å². The number of benzene rings is 1. The molecule has 5 nitrogen and oxygen atoms in total. The molecule has 1 aromatic rings. The number of nitrogens with one attached hydrogen (secondary N) is 2. The van der Waals surface area contributed by atoms with Gasteiger partial charge in [0.15, 0.2) is 11.5 Å². The summed E-state index contributed by atoms with van der Waals surface area (Å²) in [4.78, 5) is 11.1. The van der Waals surface area contributed by atoms with E-state index in [4.69, 9.17) is 9.47 Å². The Morgan fingerprint density at radius 3 is 2.89 bits per heavy atom. The van der Waals surface area contributed by atoms with Gasteiger partial charge in [-0.05, 0) is 17.7 Å². The summed E-state index contributed by atoms with van der Waals surface area (Å²) in [6.07, 6.45) is 0.560. The second-order valence-electron chi connectivity index (χ2n) is 4.56. The maximum Gasteiger partial charge on any atom is 0.221 e. The normalized spacial score (nSPS) is 21.8. The molecule has 3 rings (SSSR count). The summed E-state index contributed by atoms with van der Waals surface area (Å²) in [5.41, 5.74) is 1.14. The van der Waals surface area contributed by atoms with Gasteiger partial charge in [0, 0.05) is 25.6 Å². The summed E-state index contributed by atoms with van der Waals surface area (Å²) in [5.74, 6) is 1.73. The number of rotatable bonds is 3. The molecule has 1 unspecified atom stereocenters. The Hall–Kier alpha value is -1.75. The third kappa shape index (κ3) is 2.41. The Morgan fingerprint density at radius 2 is 2.11 bits per heavy atom. The van der Waals surface area contributed by atoms with Crippen molar-refractivity contribution in [1.82, 2.24) is 10.6 Å². The smallest absolute Gasteiger partial charge is 0.221 e. The standard InChI is InChI=1S/C13H16N2O3/c16-13-6-10(8-15-13)14-7-9-1-2-11-12(5-9)18-4-3-17-11/h1-2,5,10,14H,3-4,6-8H2,(H,15,16). The van der Waals surface area contributed by atoms with Gasteiger partial charge in [-0.25, -0.2) is 0 Å². The zero-order valence-corrected chi connectivity index (χ0v) is 10.1. The van der Waals surface area contributed by atoms with Crippen LogP contribution in [-0.4, -0.2) is 31.7 Å². The van der Waals surface area contributed by atoms with Crippen LogP contribution < -0.4 is 20.1 Å². The Labute approximate surface area is 105 Å². The number of carbonyl (C=O) groups excluding carboxylic acids is 1. The molecule has 1 atom stereocenters. The number of hydrogen-bond donors (Lipinski definition) is 2. The number of hydrogen-bond acceptors (Lipinski definition) is 4. The lowest BCUT2D eigenvalue weighted by molar-refractivity contribution is -0.119. The molecule has 0 aliphatic carbocycles. The Kier molecular flexibility index (Phi) is 3.06. The van der Waals surface area contributed by atoms with Gasteiger partial charge in [0.2, 0.25) is 5.91 Å². The molecule has 5 heteroatoms. The first kappa shape index (κ1) is 11.3. The summed E-state index contributed by atoms with van der Waals surface area (Å²) >= 11 is 0. The molecule has 0 saturated carbocycles. The molecular formula is C13H16N2O3. The predicted molar refractivity (Wildman–Crippen MR) is 65.7 cm³/mol. The molecule has 2 aliphatic rings. The molecule has 2 heterocycles. The molecule has 1 fully saturated rings. The number of amides is 1. The van der Waals surface area contributed by atoms with Crippen molar-refractivity contribution in [2.24, 2.45) is 0 Å². The summed E-state index contributed by atoms with van der Waals surface area (Å²) in [6, 6.07) is 6.17. The van der Waals surface area contributed by atoms with Crippen LogP contribution in [0.2, 0.25) is 0 Å². The molecule has 0 radical (unpaired) electrons. The quantitative estimate of drug-likeness (QED) is 0.814. The van der Waals surface area contributed by atoms with Gasteiger partial charge in [0.1, 0.15) is 13.2 Å². The van der Waals surface area contributed by atoms with Gasteiger partial charge in [-0.1, -0.05) is 6.07 Å². The van der Waals surface area contributed by atoms with Crippen molar-refractivity contribution < 1.29 is 14.3 Å². The first-order chi connectivity index (χ1) is 8.81. The lowest BCUT2D eigenvalue weighted by Crippen LogP contribution is -2.30. The molecule has 18 heavy (non-hydrogen) atoms. The monoisotopic (exact) mass is 248 g/mol. The summed E-state index contributed by atoms with van der Waals surface area (Å²) in [7, 11) is 0. The van der Waals surface area contributed by atoms with E-state index in [-0.39, 0.29) is 11.9 Å². The fourth-order valence-corrected chi connectivity index (χ4v) is 2.21. The van der Waals surface area contributed by atoms with Crippen LogP contribution in [0.3, 0.4) is 0 Å². The van der Waals surface area contributed by atoms with Crippen LogP contribution in [0, 0.1) is 0 Å². The number of fused-ring (bicyclic) bond motifs is 1. The van der Waals surface area contributed by atoms with Crippen LogP contribution >= 0.6 is 0 Å². The molecule has 0 aromatic heterocycles. The zero-order valence-electron chi connectivity index (χ0n) is 10.1. The second kappa shape index (κ2) is 4.86. The van der Waals surface area contributed by atoms with E-state index in [0.29, 0.717) is 26.2 Å². The average molecular weight is 248 g/mol. The summed E-state index contributed by atoms with van der Waals surface area (Å²) in [6.45, 7) is 2.66. The van der Waals surface area contributed by atoms with Crippen molar-refractivity contribution >= 4 is 5.91 Å². The van der Waals surface area contributed by atoms with Crippen molar-refractivity contribution in [1.29, 1.82) is 0 Å². The largest absolute Gasteiger partial charge is 0.486 e. The molecule has 1 amide bonds. The highest BCUT2D eigenvalue weighted by molar-refractivity contribution is 5.78. The van der Waals surface area contributed by atoms with Gasteiger partial charge in [0.25, 0.3) is 0 Å². The number of carbonyl (C=O) groups is 1. The minimum atomic E-state index is 0.120. The van der Waals surface area contributed by atoms with E-state index in [2.05, 4.69) is 10.6 Å². The van der Waals surface area contributed by atoms with Crippen molar-refractivity contribution in [2.75, 3.05) is 19.8 Å². The van der Waals surface area contributed by atoms with E-state index >= 15 is 0 Å². The van der Waals surface area contributed by atoms with Crippen LogP contribution in [0.5, 0.6) is 11.5 Å². The SMILES string of the molecule is O=C1CC(NCc2ccc3c(c2)OCCO3)CN1. The topological polar surface area (TPSA) is 59.6 Å². The van der Waals surface area contributed by atoms with Gasteiger partial charge in [-0.3, -0.25) is 4.79 Å². The van der Waals surface area contributed by atoms with E-state index in [1.54, 1.807) is 0 Å². The van der Waals surface area contributed by atoms with Crippen molar-refractivity contribution in [3.05, 3.63) is 23.8 Å². The van der Waals surface area contributed by atoms with Crippen LogP contribution in [0.15, 0.2) is 18.2 Å². The van der Waals surface area contributed by atoms with E-state index < -0.39 is 0 Å². The summed E-state index contributed by atoms with van der Waals surface area (Å²) < 4.78 is 11.0. The highest BCUT2D eigenvalue weighted by Gasteiger charge is 2.20. The summed E-state index contributed by atoms with van der Waals surface area (Å²) in [5, 5.41) is 6.17. The van der Waals surface area contributed by atoms with Gasteiger partial charge >= 0.3 is 0 Å². The Balaban J connectivity index is 1.61. The van der Waals surface area contributed by atoms with Crippen molar-refractivity contribution in [2.45, 2.75) is 19.0 Å². The Bertz CT molecular complexity index is 462. The third-order valence-corrected chi connectivity index (χ3v) is 3.18. The molecule has 2 N–H and O–H groups in total. The van der Waals surface area contributed by atoms with Crippen molar-refractivity contribution in [3.8, 4) is 11.5 Å². The van der Waals surface area contributed by atoms with E-state index in [0.717, 1.165) is 23.6 Å². The molecule has 1 aromatic carbocycles. The lowest BCUT2D eigenvalue weighted by atomic mass is 10.1. The third-order valence-electron chi connectivity index (χ3n) is 3.18. The van der Waals surface area contributed by atoms with E-state index in [1.807, 2.05) is 18.2 Å². The number of ether oxygens (including phenoxy) is 2. The average Bonchev–Trinajstić information content (AvgIpc) is 2.82. The van der Waals surface area contributed by atoms with E-state index in [9.17, 15) is 4.79 Å². The van der Waals surface area contributed by atoms with Gasteiger partial charge in [-0.15, -0.1) is 0 Å². The first-order valence-electron chi connectivity index (χ1n) is 6.20. The maximum absolute atomic E-state index is 11.1. The Morgan fingerprint density at radius 1 is 1.28 bits per heavy atom. The van der Waals surface area contributed by atoms with Gasteiger partial charge in [-0.2, -0.15) is 0 Å².